The zero-order valence-electron chi connectivity index (χ0n) is 15.7. The summed E-state index contributed by atoms with van der Waals surface area (Å²) in [7, 11) is 1.57. The number of rotatable bonds is 7. The number of amides is 1. The minimum atomic E-state index is -0.236. The van der Waals surface area contributed by atoms with E-state index in [1.165, 1.54) is 10.1 Å². The maximum Gasteiger partial charge on any atom is 0.259 e. The molecule has 1 aromatic heterocycles. The Kier molecular flexibility index (Phi) is 5.91. The number of aryl methyl sites for hydroxylation is 1. The number of hydrogen-bond acceptors (Lipinski definition) is 3. The van der Waals surface area contributed by atoms with Crippen molar-refractivity contribution in [1.29, 1.82) is 0 Å². The van der Waals surface area contributed by atoms with Crippen molar-refractivity contribution in [3.05, 3.63) is 70.6 Å². The first-order chi connectivity index (χ1) is 13.1. The monoisotopic (exact) mass is 364 g/mol. The fourth-order valence-corrected chi connectivity index (χ4v) is 3.08. The molecule has 2 aromatic carbocycles. The molecule has 0 saturated heterocycles. The van der Waals surface area contributed by atoms with Crippen molar-refractivity contribution in [2.24, 2.45) is 0 Å². The van der Waals surface area contributed by atoms with Gasteiger partial charge in [-0.05, 0) is 48.7 Å². The number of aromatic nitrogens is 1. The molecule has 0 aliphatic heterocycles. The van der Waals surface area contributed by atoms with Crippen LogP contribution in [0, 0.1) is 0 Å². The van der Waals surface area contributed by atoms with Crippen molar-refractivity contribution in [3.63, 3.8) is 0 Å². The maximum atomic E-state index is 12.7. The summed E-state index contributed by atoms with van der Waals surface area (Å²) in [5, 5.41) is 4.12. The first kappa shape index (κ1) is 18.7. The highest BCUT2D eigenvalue weighted by atomic mass is 16.5. The van der Waals surface area contributed by atoms with E-state index in [0.717, 1.165) is 30.3 Å². The van der Waals surface area contributed by atoms with E-state index in [1.807, 2.05) is 30.3 Å². The molecule has 3 rings (SSSR count). The number of hydrogen-bond donors (Lipinski definition) is 1. The fourth-order valence-electron chi connectivity index (χ4n) is 3.08. The first-order valence-corrected chi connectivity index (χ1v) is 9.17. The molecule has 0 unspecified atom stereocenters. The summed E-state index contributed by atoms with van der Waals surface area (Å²) in [4.78, 5) is 25.0. The summed E-state index contributed by atoms with van der Waals surface area (Å²) in [5.41, 5.74) is 1.78. The number of carbonyl (C=O) groups is 1. The molecule has 0 saturated carbocycles. The standard InChI is InChI=1S/C22H24N2O3/c1-3-4-6-16-9-11-17(12-10-16)23-21(25)15-24-14-13-18-19(22(24)26)7-5-8-20(18)27-2/h5,7-14H,3-4,6,15H2,1-2H3,(H,23,25). The van der Waals surface area contributed by atoms with E-state index in [0.29, 0.717) is 11.1 Å². The average Bonchev–Trinajstić information content (AvgIpc) is 2.69. The quantitative estimate of drug-likeness (QED) is 0.689. The molecular weight excluding hydrogens is 340 g/mol. The van der Waals surface area contributed by atoms with Crippen LogP contribution in [0.1, 0.15) is 25.3 Å². The Labute approximate surface area is 158 Å². The van der Waals surface area contributed by atoms with Crippen molar-refractivity contribution >= 4 is 22.4 Å². The van der Waals surface area contributed by atoms with Crippen molar-refractivity contribution in [3.8, 4) is 5.75 Å². The summed E-state index contributed by atoms with van der Waals surface area (Å²) < 4.78 is 6.70. The highest BCUT2D eigenvalue weighted by Crippen LogP contribution is 2.22. The molecule has 0 aliphatic rings. The van der Waals surface area contributed by atoms with Crippen LogP contribution in [-0.4, -0.2) is 17.6 Å². The molecule has 5 nitrogen and oxygen atoms in total. The number of unbranched alkanes of at least 4 members (excludes halogenated alkanes) is 1. The lowest BCUT2D eigenvalue weighted by Crippen LogP contribution is -2.27. The average molecular weight is 364 g/mol. The molecule has 0 aliphatic carbocycles. The van der Waals surface area contributed by atoms with Gasteiger partial charge in [0.25, 0.3) is 5.56 Å². The van der Waals surface area contributed by atoms with E-state index in [2.05, 4.69) is 12.2 Å². The third kappa shape index (κ3) is 4.37. The van der Waals surface area contributed by atoms with Crippen molar-refractivity contribution in [2.75, 3.05) is 12.4 Å². The Balaban J connectivity index is 1.72. The second kappa shape index (κ2) is 8.54. The molecule has 5 heteroatoms. The molecule has 3 aromatic rings. The lowest BCUT2D eigenvalue weighted by molar-refractivity contribution is -0.116. The molecular formula is C22H24N2O3. The van der Waals surface area contributed by atoms with E-state index in [9.17, 15) is 9.59 Å². The van der Waals surface area contributed by atoms with Crippen LogP contribution in [0.15, 0.2) is 59.5 Å². The minimum Gasteiger partial charge on any atom is -0.496 e. The van der Waals surface area contributed by atoms with Gasteiger partial charge in [0.2, 0.25) is 5.91 Å². The van der Waals surface area contributed by atoms with Gasteiger partial charge in [0.1, 0.15) is 12.3 Å². The molecule has 1 heterocycles. The Hall–Kier alpha value is -3.08. The number of methoxy groups -OCH3 is 1. The van der Waals surface area contributed by atoms with Crippen molar-refractivity contribution in [1.82, 2.24) is 4.57 Å². The third-order valence-corrected chi connectivity index (χ3v) is 4.57. The normalized spacial score (nSPS) is 10.7. The molecule has 0 bridgehead atoms. The van der Waals surface area contributed by atoms with Crippen LogP contribution in [0.25, 0.3) is 10.8 Å². The molecule has 1 N–H and O–H groups in total. The zero-order chi connectivity index (χ0) is 19.2. The van der Waals surface area contributed by atoms with E-state index >= 15 is 0 Å². The molecule has 0 radical (unpaired) electrons. The number of carbonyl (C=O) groups excluding carboxylic acids is 1. The van der Waals surface area contributed by atoms with E-state index in [1.54, 1.807) is 31.5 Å². The van der Waals surface area contributed by atoms with E-state index in [-0.39, 0.29) is 18.0 Å². The van der Waals surface area contributed by atoms with Gasteiger partial charge in [0.05, 0.1) is 12.5 Å². The lowest BCUT2D eigenvalue weighted by Gasteiger charge is -2.10. The van der Waals surface area contributed by atoms with Gasteiger partial charge in [-0.2, -0.15) is 0 Å². The van der Waals surface area contributed by atoms with Crippen LogP contribution in [0.4, 0.5) is 5.69 Å². The Morgan fingerprint density at radius 3 is 2.56 bits per heavy atom. The summed E-state index contributed by atoms with van der Waals surface area (Å²) in [6.07, 6.45) is 4.98. The van der Waals surface area contributed by atoms with Crippen LogP contribution in [0.3, 0.4) is 0 Å². The molecule has 1 amide bonds. The lowest BCUT2D eigenvalue weighted by atomic mass is 10.1. The Morgan fingerprint density at radius 2 is 1.85 bits per heavy atom. The largest absolute Gasteiger partial charge is 0.496 e. The van der Waals surface area contributed by atoms with Gasteiger partial charge in [-0.15, -0.1) is 0 Å². The maximum absolute atomic E-state index is 12.7. The van der Waals surface area contributed by atoms with Crippen LogP contribution in [-0.2, 0) is 17.8 Å². The first-order valence-electron chi connectivity index (χ1n) is 9.17. The summed E-state index contributed by atoms with van der Waals surface area (Å²) in [6, 6.07) is 15.0. The smallest absolute Gasteiger partial charge is 0.259 e. The summed E-state index contributed by atoms with van der Waals surface area (Å²) in [6.45, 7) is 2.13. The number of nitrogens with one attached hydrogen (secondary N) is 1. The summed E-state index contributed by atoms with van der Waals surface area (Å²) in [5.74, 6) is 0.407. The van der Waals surface area contributed by atoms with Gasteiger partial charge in [-0.1, -0.05) is 31.5 Å². The molecule has 0 atom stereocenters. The van der Waals surface area contributed by atoms with Gasteiger partial charge in [0.15, 0.2) is 0 Å². The molecule has 0 spiro atoms. The Bertz CT molecular complexity index is 991. The third-order valence-electron chi connectivity index (χ3n) is 4.57. The van der Waals surface area contributed by atoms with E-state index in [4.69, 9.17) is 4.74 Å². The predicted octanol–water partition coefficient (Wildman–Crippen LogP) is 3.99. The molecule has 27 heavy (non-hydrogen) atoms. The van der Waals surface area contributed by atoms with Gasteiger partial charge < -0.3 is 14.6 Å². The summed E-state index contributed by atoms with van der Waals surface area (Å²) >= 11 is 0. The van der Waals surface area contributed by atoms with E-state index < -0.39 is 0 Å². The number of fused-ring (bicyclic) bond motifs is 1. The van der Waals surface area contributed by atoms with Crippen molar-refractivity contribution in [2.45, 2.75) is 32.7 Å². The van der Waals surface area contributed by atoms with Gasteiger partial charge >= 0.3 is 0 Å². The van der Waals surface area contributed by atoms with Crippen LogP contribution >= 0.6 is 0 Å². The van der Waals surface area contributed by atoms with Crippen LogP contribution in [0.2, 0.25) is 0 Å². The van der Waals surface area contributed by atoms with Crippen LogP contribution in [0.5, 0.6) is 5.75 Å². The molecule has 0 fully saturated rings. The number of nitrogens with zero attached hydrogens (tertiary/aromatic N) is 1. The molecule has 140 valence electrons. The zero-order valence-corrected chi connectivity index (χ0v) is 15.7. The highest BCUT2D eigenvalue weighted by molar-refractivity contribution is 5.91. The second-order valence-electron chi connectivity index (χ2n) is 6.52. The van der Waals surface area contributed by atoms with Crippen molar-refractivity contribution < 1.29 is 9.53 Å². The predicted molar refractivity (Wildman–Crippen MR) is 108 cm³/mol. The SMILES string of the molecule is CCCCc1ccc(NC(=O)Cn2ccc3c(OC)cccc3c2=O)cc1. The number of pyridine rings is 1. The second-order valence-corrected chi connectivity index (χ2v) is 6.52. The topological polar surface area (TPSA) is 60.3 Å². The van der Waals surface area contributed by atoms with Gasteiger partial charge in [-0.25, -0.2) is 0 Å². The van der Waals surface area contributed by atoms with Gasteiger partial charge in [-0.3, -0.25) is 9.59 Å². The Morgan fingerprint density at radius 1 is 1.07 bits per heavy atom. The number of ether oxygens (including phenoxy) is 1. The number of anilines is 1. The minimum absolute atomic E-state index is 0.0381. The fraction of sp³-hybridized carbons (Fsp3) is 0.273. The number of benzene rings is 2. The van der Waals surface area contributed by atoms with Gasteiger partial charge in [0, 0.05) is 17.3 Å². The van der Waals surface area contributed by atoms with Crippen LogP contribution < -0.4 is 15.6 Å². The highest BCUT2D eigenvalue weighted by Gasteiger charge is 2.10.